The molecule has 0 unspecified atom stereocenters. The van der Waals surface area contributed by atoms with Crippen LogP contribution in [0.5, 0.6) is 0 Å². The lowest BCUT2D eigenvalue weighted by molar-refractivity contribution is 0.669. The minimum atomic E-state index is -0.393. The number of rotatable bonds is 1. The molecular weight excluding hydrogens is 460 g/mol. The summed E-state index contributed by atoms with van der Waals surface area (Å²) in [6.07, 6.45) is 0. The molecule has 0 saturated carbocycles. The van der Waals surface area contributed by atoms with Gasteiger partial charge in [-0.15, -0.1) is 0 Å². The average Bonchev–Trinajstić information content (AvgIpc) is 3.61. The van der Waals surface area contributed by atoms with Crippen molar-refractivity contribution in [1.82, 2.24) is 0 Å². The van der Waals surface area contributed by atoms with E-state index < -0.39 is 5.41 Å². The first-order chi connectivity index (χ1) is 18.9. The van der Waals surface area contributed by atoms with Gasteiger partial charge in [0.25, 0.3) is 0 Å². The van der Waals surface area contributed by atoms with E-state index in [1.165, 1.54) is 61.0 Å². The lowest BCUT2D eigenvalue weighted by Crippen LogP contribution is -2.25. The van der Waals surface area contributed by atoms with Crippen LogP contribution >= 0.6 is 0 Å². The van der Waals surface area contributed by atoms with Gasteiger partial charge in [-0.25, -0.2) is 0 Å². The molecule has 1 aromatic heterocycles. The quantitative estimate of drug-likeness (QED) is 0.227. The Labute approximate surface area is 220 Å². The van der Waals surface area contributed by atoms with E-state index >= 15 is 0 Å². The monoisotopic (exact) mass is 482 g/mol. The van der Waals surface area contributed by atoms with E-state index in [-0.39, 0.29) is 0 Å². The number of hydrogen-bond acceptors (Lipinski definition) is 1. The van der Waals surface area contributed by atoms with Crippen LogP contribution < -0.4 is 0 Å². The van der Waals surface area contributed by atoms with Gasteiger partial charge in [-0.1, -0.05) is 121 Å². The molecule has 6 aromatic carbocycles. The Bertz CT molecular complexity index is 2030. The molecule has 2 aliphatic carbocycles. The zero-order valence-electron chi connectivity index (χ0n) is 20.6. The second-order valence-electron chi connectivity index (χ2n) is 10.4. The molecule has 0 fully saturated rings. The van der Waals surface area contributed by atoms with Crippen LogP contribution in [0.3, 0.4) is 0 Å². The third kappa shape index (κ3) is 2.29. The Balaban J connectivity index is 1.55. The fourth-order valence-electron chi connectivity index (χ4n) is 7.30. The van der Waals surface area contributed by atoms with E-state index in [1.807, 2.05) is 0 Å². The molecular formula is C37H22O. The van der Waals surface area contributed by atoms with Gasteiger partial charge in [-0.2, -0.15) is 0 Å². The van der Waals surface area contributed by atoms with Crippen molar-refractivity contribution in [2.75, 3.05) is 0 Å². The van der Waals surface area contributed by atoms with Crippen LogP contribution in [0, 0.1) is 0 Å². The highest BCUT2D eigenvalue weighted by atomic mass is 16.3. The Morgan fingerprint density at radius 2 is 1.00 bits per heavy atom. The van der Waals surface area contributed by atoms with Gasteiger partial charge < -0.3 is 4.42 Å². The summed E-state index contributed by atoms with van der Waals surface area (Å²) in [7, 11) is 0. The molecule has 176 valence electrons. The van der Waals surface area contributed by atoms with Crippen molar-refractivity contribution in [3.63, 3.8) is 0 Å². The van der Waals surface area contributed by atoms with Gasteiger partial charge in [0, 0.05) is 16.3 Å². The van der Waals surface area contributed by atoms with Crippen LogP contribution in [-0.2, 0) is 5.41 Å². The average molecular weight is 483 g/mol. The van der Waals surface area contributed by atoms with Crippen molar-refractivity contribution in [2.45, 2.75) is 5.41 Å². The van der Waals surface area contributed by atoms with Gasteiger partial charge in [-0.05, 0) is 62.2 Å². The largest absolute Gasteiger partial charge is 0.455 e. The van der Waals surface area contributed by atoms with E-state index in [0.717, 1.165) is 16.6 Å². The first kappa shape index (κ1) is 20.2. The van der Waals surface area contributed by atoms with Crippen molar-refractivity contribution < 1.29 is 4.42 Å². The highest BCUT2D eigenvalue weighted by Gasteiger charge is 2.52. The summed E-state index contributed by atoms with van der Waals surface area (Å²) >= 11 is 0. The predicted molar refractivity (Wildman–Crippen MR) is 155 cm³/mol. The fourth-order valence-corrected chi connectivity index (χ4v) is 7.30. The molecule has 1 nitrogen and oxygen atoms in total. The maximum absolute atomic E-state index is 6.79. The molecule has 9 rings (SSSR count). The highest BCUT2D eigenvalue weighted by Crippen LogP contribution is 2.64. The number of para-hydroxylation sites is 1. The topological polar surface area (TPSA) is 13.1 Å². The molecule has 1 heterocycles. The maximum Gasteiger partial charge on any atom is 0.144 e. The summed E-state index contributed by atoms with van der Waals surface area (Å²) in [5.74, 6) is 0. The second kappa shape index (κ2) is 7.12. The van der Waals surface area contributed by atoms with Gasteiger partial charge in [0.05, 0.1) is 5.41 Å². The fraction of sp³-hybridized carbons (Fsp3) is 0.0270. The van der Waals surface area contributed by atoms with Crippen LogP contribution in [0.2, 0.25) is 0 Å². The van der Waals surface area contributed by atoms with E-state index in [2.05, 4.69) is 133 Å². The van der Waals surface area contributed by atoms with Gasteiger partial charge in [0.1, 0.15) is 11.2 Å². The SMILES string of the molecule is c1ccc(-c2cc3c(c4oc5ccccc5c24)-c2ccccc2C32c3ccccc3-c3ccccc32)cc1. The Morgan fingerprint density at radius 1 is 0.447 bits per heavy atom. The van der Waals surface area contributed by atoms with Crippen molar-refractivity contribution >= 4 is 21.9 Å². The molecule has 7 aromatic rings. The summed E-state index contributed by atoms with van der Waals surface area (Å²) in [6, 6.07) is 48.5. The summed E-state index contributed by atoms with van der Waals surface area (Å²) < 4.78 is 6.79. The van der Waals surface area contributed by atoms with Gasteiger partial charge >= 0.3 is 0 Å². The Hall–Kier alpha value is -4.88. The second-order valence-corrected chi connectivity index (χ2v) is 10.4. The molecule has 38 heavy (non-hydrogen) atoms. The minimum Gasteiger partial charge on any atom is -0.455 e. The van der Waals surface area contributed by atoms with Crippen LogP contribution in [0.25, 0.3) is 55.3 Å². The molecule has 0 aliphatic heterocycles. The predicted octanol–water partition coefficient (Wildman–Crippen LogP) is 9.60. The third-order valence-corrected chi connectivity index (χ3v) is 8.69. The summed E-state index contributed by atoms with van der Waals surface area (Å²) in [5.41, 5.74) is 14.4. The van der Waals surface area contributed by atoms with E-state index in [0.29, 0.717) is 0 Å². The van der Waals surface area contributed by atoms with Crippen LogP contribution in [0.4, 0.5) is 0 Å². The number of hydrogen-bond donors (Lipinski definition) is 0. The van der Waals surface area contributed by atoms with E-state index in [9.17, 15) is 0 Å². The minimum absolute atomic E-state index is 0.393. The van der Waals surface area contributed by atoms with E-state index in [4.69, 9.17) is 4.42 Å². The number of benzene rings is 6. The van der Waals surface area contributed by atoms with E-state index in [1.54, 1.807) is 0 Å². The van der Waals surface area contributed by atoms with Crippen molar-refractivity contribution in [1.29, 1.82) is 0 Å². The Morgan fingerprint density at radius 3 is 1.71 bits per heavy atom. The zero-order chi connectivity index (χ0) is 24.8. The molecule has 0 saturated heterocycles. The molecule has 2 aliphatic rings. The molecule has 0 N–H and O–H groups in total. The molecule has 0 amide bonds. The van der Waals surface area contributed by atoms with Crippen molar-refractivity contribution in [3.05, 3.63) is 156 Å². The van der Waals surface area contributed by atoms with Crippen LogP contribution in [0.15, 0.2) is 138 Å². The maximum atomic E-state index is 6.79. The third-order valence-electron chi connectivity index (χ3n) is 8.69. The summed E-state index contributed by atoms with van der Waals surface area (Å²) in [6.45, 7) is 0. The van der Waals surface area contributed by atoms with Gasteiger partial charge in [0.2, 0.25) is 0 Å². The zero-order valence-corrected chi connectivity index (χ0v) is 20.6. The first-order valence-corrected chi connectivity index (χ1v) is 13.2. The van der Waals surface area contributed by atoms with Crippen LogP contribution in [0.1, 0.15) is 22.3 Å². The molecule has 0 atom stereocenters. The van der Waals surface area contributed by atoms with Crippen molar-refractivity contribution in [2.24, 2.45) is 0 Å². The summed E-state index contributed by atoms with van der Waals surface area (Å²) in [4.78, 5) is 0. The van der Waals surface area contributed by atoms with Crippen LogP contribution in [-0.4, -0.2) is 0 Å². The number of fused-ring (bicyclic) bond motifs is 14. The van der Waals surface area contributed by atoms with Gasteiger partial charge in [0.15, 0.2) is 0 Å². The smallest absolute Gasteiger partial charge is 0.144 e. The highest BCUT2D eigenvalue weighted by molar-refractivity contribution is 6.19. The lowest BCUT2D eigenvalue weighted by Gasteiger charge is -2.30. The molecule has 0 radical (unpaired) electrons. The lowest BCUT2D eigenvalue weighted by atomic mass is 9.70. The number of furan rings is 1. The summed E-state index contributed by atoms with van der Waals surface area (Å²) in [5, 5.41) is 2.35. The first-order valence-electron chi connectivity index (χ1n) is 13.2. The molecule has 1 heteroatoms. The van der Waals surface area contributed by atoms with Gasteiger partial charge in [-0.3, -0.25) is 0 Å². The normalized spacial score (nSPS) is 14.0. The van der Waals surface area contributed by atoms with Crippen molar-refractivity contribution in [3.8, 4) is 33.4 Å². The molecule has 0 bridgehead atoms. The Kier molecular flexibility index (Phi) is 3.78. The standard InChI is InChI=1S/C37H22O/c1-2-12-23(13-3-1)28-22-32-35(36-34(28)27-17-7-11-21-33(27)38-36)26-16-6-10-20-31(26)37(32)29-18-8-4-14-24(29)25-15-5-9-19-30(25)37/h1-22H. The molecule has 1 spiro atoms.